The Kier molecular flexibility index (Phi) is 7.86. The molecule has 1 amide bonds. The molecule has 1 rings (SSSR count). The number of hydrogen-bond acceptors (Lipinski definition) is 4. The second-order valence-corrected chi connectivity index (χ2v) is 7.64. The minimum Gasteiger partial charge on any atom is -0.350 e. The molecule has 136 valence electrons. The predicted molar refractivity (Wildman–Crippen MR) is 96.8 cm³/mol. The number of aryl methyl sites for hydroxylation is 1. The molecule has 0 spiro atoms. The first kappa shape index (κ1) is 20.6. The fourth-order valence-corrected chi connectivity index (χ4v) is 4.20. The molecule has 1 atom stereocenters. The Morgan fingerprint density at radius 2 is 1.83 bits per heavy atom. The van der Waals surface area contributed by atoms with E-state index in [0.29, 0.717) is 30.8 Å². The summed E-state index contributed by atoms with van der Waals surface area (Å²) in [5, 5.41) is 6.04. The second-order valence-electron chi connectivity index (χ2n) is 5.74. The minimum absolute atomic E-state index is 0.156. The first-order valence-electron chi connectivity index (χ1n) is 8.40. The maximum absolute atomic E-state index is 12.7. The van der Waals surface area contributed by atoms with Gasteiger partial charge in [0.25, 0.3) is 5.91 Å². The summed E-state index contributed by atoms with van der Waals surface area (Å²) in [5.74, 6) is -0.268. The summed E-state index contributed by atoms with van der Waals surface area (Å²) in [6, 6.07) is 4.96. The Morgan fingerprint density at radius 1 is 1.21 bits per heavy atom. The van der Waals surface area contributed by atoms with Gasteiger partial charge in [-0.1, -0.05) is 26.8 Å². The number of nitrogens with zero attached hydrogens (tertiary/aromatic N) is 1. The molecule has 7 heteroatoms. The van der Waals surface area contributed by atoms with Crippen LogP contribution in [0.15, 0.2) is 23.1 Å². The Labute approximate surface area is 145 Å². The molecule has 0 heterocycles. The van der Waals surface area contributed by atoms with Crippen molar-refractivity contribution in [3.63, 3.8) is 0 Å². The lowest BCUT2D eigenvalue weighted by Crippen LogP contribution is -2.39. The number of benzene rings is 1. The standard InChI is InChI=1S/C17H29N3O3S/c1-6-18-14(5)12-19-17(21)15-10-9-13(4)16(11-15)24(22,23)20(7-2)8-3/h9-11,14,18H,6-8,12H2,1-5H3,(H,19,21)/t14-/m1/s1. The molecule has 0 saturated heterocycles. The van der Waals surface area contributed by atoms with Crippen LogP contribution in [0.2, 0.25) is 0 Å². The third-order valence-electron chi connectivity index (χ3n) is 3.89. The summed E-state index contributed by atoms with van der Waals surface area (Å²) in [4.78, 5) is 12.5. The van der Waals surface area contributed by atoms with E-state index in [1.165, 1.54) is 10.4 Å². The molecule has 0 aliphatic carbocycles. The van der Waals surface area contributed by atoms with E-state index in [1.807, 2.05) is 13.8 Å². The van der Waals surface area contributed by atoms with Crippen LogP contribution in [-0.4, -0.2) is 50.9 Å². The number of amides is 1. The molecule has 24 heavy (non-hydrogen) atoms. The van der Waals surface area contributed by atoms with Gasteiger partial charge >= 0.3 is 0 Å². The maximum Gasteiger partial charge on any atom is 0.251 e. The van der Waals surface area contributed by atoms with E-state index < -0.39 is 10.0 Å². The van der Waals surface area contributed by atoms with Crippen LogP contribution in [0.3, 0.4) is 0 Å². The van der Waals surface area contributed by atoms with Gasteiger partial charge in [-0.2, -0.15) is 4.31 Å². The van der Waals surface area contributed by atoms with Crippen LogP contribution < -0.4 is 10.6 Å². The van der Waals surface area contributed by atoms with E-state index in [4.69, 9.17) is 0 Å². The normalized spacial score (nSPS) is 13.1. The summed E-state index contributed by atoms with van der Waals surface area (Å²) < 4.78 is 26.8. The Hall–Kier alpha value is -1.44. The molecule has 0 aromatic heterocycles. The van der Waals surface area contributed by atoms with Crippen molar-refractivity contribution in [1.29, 1.82) is 0 Å². The molecule has 1 aromatic carbocycles. The van der Waals surface area contributed by atoms with Crippen molar-refractivity contribution in [2.75, 3.05) is 26.2 Å². The number of carbonyl (C=O) groups is 1. The van der Waals surface area contributed by atoms with Gasteiger partial charge in [0.1, 0.15) is 0 Å². The van der Waals surface area contributed by atoms with Crippen molar-refractivity contribution in [2.45, 2.75) is 45.6 Å². The molecule has 0 radical (unpaired) electrons. The maximum atomic E-state index is 12.7. The molecule has 2 N–H and O–H groups in total. The lowest BCUT2D eigenvalue weighted by atomic mass is 10.1. The highest BCUT2D eigenvalue weighted by atomic mass is 32.2. The third kappa shape index (κ3) is 5.03. The van der Waals surface area contributed by atoms with E-state index in [1.54, 1.807) is 32.9 Å². The van der Waals surface area contributed by atoms with Crippen LogP contribution in [0.1, 0.15) is 43.6 Å². The monoisotopic (exact) mass is 355 g/mol. The van der Waals surface area contributed by atoms with Gasteiger partial charge in [0.05, 0.1) is 4.90 Å². The number of rotatable bonds is 9. The highest BCUT2D eigenvalue weighted by Crippen LogP contribution is 2.21. The van der Waals surface area contributed by atoms with Gasteiger partial charge in [-0.3, -0.25) is 4.79 Å². The third-order valence-corrected chi connectivity index (χ3v) is 6.09. The topological polar surface area (TPSA) is 78.5 Å². The van der Waals surface area contributed by atoms with Crippen molar-refractivity contribution < 1.29 is 13.2 Å². The molecule has 0 fully saturated rings. The fourth-order valence-electron chi connectivity index (χ4n) is 2.49. The van der Waals surface area contributed by atoms with Crippen molar-refractivity contribution >= 4 is 15.9 Å². The zero-order chi connectivity index (χ0) is 18.3. The number of nitrogens with one attached hydrogen (secondary N) is 2. The van der Waals surface area contributed by atoms with Gasteiger partial charge in [0.15, 0.2) is 0 Å². The lowest BCUT2D eigenvalue weighted by molar-refractivity contribution is 0.0950. The van der Waals surface area contributed by atoms with Gasteiger partial charge < -0.3 is 10.6 Å². The van der Waals surface area contributed by atoms with Crippen LogP contribution in [0.5, 0.6) is 0 Å². The quantitative estimate of drug-likeness (QED) is 0.707. The Bertz CT molecular complexity index is 655. The van der Waals surface area contributed by atoms with Crippen LogP contribution in [0.25, 0.3) is 0 Å². The summed E-state index contributed by atoms with van der Waals surface area (Å²) in [7, 11) is -3.59. The Balaban J connectivity index is 3.03. The minimum atomic E-state index is -3.59. The van der Waals surface area contributed by atoms with Crippen LogP contribution in [0.4, 0.5) is 0 Å². The second kappa shape index (κ2) is 9.15. The van der Waals surface area contributed by atoms with Gasteiger partial charge in [-0.15, -0.1) is 0 Å². The summed E-state index contributed by atoms with van der Waals surface area (Å²) in [6.45, 7) is 11.4. The molecule has 0 saturated carbocycles. The smallest absolute Gasteiger partial charge is 0.251 e. The summed E-state index contributed by atoms with van der Waals surface area (Å²) in [5.41, 5.74) is 0.995. The van der Waals surface area contributed by atoms with Crippen molar-refractivity contribution in [3.8, 4) is 0 Å². The van der Waals surface area contributed by atoms with E-state index in [9.17, 15) is 13.2 Å². The number of carbonyl (C=O) groups excluding carboxylic acids is 1. The average Bonchev–Trinajstić information content (AvgIpc) is 2.54. The van der Waals surface area contributed by atoms with E-state index in [-0.39, 0.29) is 16.8 Å². The molecule has 6 nitrogen and oxygen atoms in total. The molecule has 0 unspecified atom stereocenters. The van der Waals surface area contributed by atoms with Crippen LogP contribution >= 0.6 is 0 Å². The fraction of sp³-hybridized carbons (Fsp3) is 0.588. The summed E-state index contributed by atoms with van der Waals surface area (Å²) >= 11 is 0. The zero-order valence-electron chi connectivity index (χ0n) is 15.2. The Morgan fingerprint density at radius 3 is 2.38 bits per heavy atom. The van der Waals surface area contributed by atoms with Gasteiger partial charge in [0.2, 0.25) is 10.0 Å². The number of sulfonamides is 1. The first-order chi connectivity index (χ1) is 11.3. The molecule has 0 aliphatic rings. The SMILES string of the molecule is CCN[C@H](C)CNC(=O)c1ccc(C)c(S(=O)(=O)N(CC)CC)c1. The van der Waals surface area contributed by atoms with Crippen molar-refractivity contribution in [1.82, 2.24) is 14.9 Å². The largest absolute Gasteiger partial charge is 0.350 e. The molecule has 0 aliphatic heterocycles. The molecule has 1 aromatic rings. The van der Waals surface area contributed by atoms with Crippen molar-refractivity contribution in [3.05, 3.63) is 29.3 Å². The number of hydrogen-bond donors (Lipinski definition) is 2. The number of likely N-dealkylation sites (N-methyl/N-ethyl adjacent to an activating group) is 1. The lowest BCUT2D eigenvalue weighted by Gasteiger charge is -2.20. The summed E-state index contributed by atoms with van der Waals surface area (Å²) in [6.07, 6.45) is 0. The average molecular weight is 356 g/mol. The predicted octanol–water partition coefficient (Wildman–Crippen LogP) is 1.75. The van der Waals surface area contributed by atoms with Gasteiger partial charge in [0, 0.05) is 31.2 Å². The van der Waals surface area contributed by atoms with Gasteiger partial charge in [-0.05, 0) is 38.1 Å². The van der Waals surface area contributed by atoms with Crippen LogP contribution in [-0.2, 0) is 10.0 Å². The molecular weight excluding hydrogens is 326 g/mol. The first-order valence-corrected chi connectivity index (χ1v) is 9.84. The van der Waals surface area contributed by atoms with E-state index >= 15 is 0 Å². The van der Waals surface area contributed by atoms with Crippen LogP contribution in [0, 0.1) is 6.92 Å². The van der Waals surface area contributed by atoms with Gasteiger partial charge in [-0.25, -0.2) is 8.42 Å². The van der Waals surface area contributed by atoms with E-state index in [0.717, 1.165) is 6.54 Å². The van der Waals surface area contributed by atoms with Crippen molar-refractivity contribution in [2.24, 2.45) is 0 Å². The zero-order valence-corrected chi connectivity index (χ0v) is 16.0. The highest BCUT2D eigenvalue weighted by Gasteiger charge is 2.24. The van der Waals surface area contributed by atoms with E-state index in [2.05, 4.69) is 10.6 Å². The highest BCUT2D eigenvalue weighted by molar-refractivity contribution is 7.89. The molecule has 0 bridgehead atoms. The molecular formula is C17H29N3O3S.